The fraction of sp³-hybridized carbons (Fsp3) is 0.593. The van der Waals surface area contributed by atoms with Crippen LogP contribution in [-0.2, 0) is 19.1 Å². The number of Topliss-reactive ketones (excluding diaryl/α,β-unsaturated/α-hetero) is 1. The number of amides is 1. The lowest BCUT2D eigenvalue weighted by Crippen LogP contribution is -2.50. The highest BCUT2D eigenvalue weighted by atomic mass is 35.5. The lowest BCUT2D eigenvalue weighted by atomic mass is 9.93. The standard InChI is InChI=1S/C27H36FN3O4S.2ClH/c1-2-35-25(33)11-14-30-16-15-29(18-24(30)32)12-9-20-17-31(13-10-23(20)36)26(27(34)19-7-8-19)21-5-3-4-6-22(21)28;;/h3-6,9,19,23,26,36H,2,7-8,10-18H2,1H3;2*1H/b20-9+;;. The Kier molecular flexibility index (Phi) is 13.0. The molecule has 1 aromatic carbocycles. The van der Waals surface area contributed by atoms with Gasteiger partial charge in [0.25, 0.3) is 0 Å². The smallest absolute Gasteiger partial charge is 0.307 e. The molecule has 0 N–H and O–H groups in total. The van der Waals surface area contributed by atoms with Gasteiger partial charge in [0.1, 0.15) is 5.82 Å². The van der Waals surface area contributed by atoms with Crippen molar-refractivity contribution in [3.05, 3.63) is 47.3 Å². The molecule has 1 aliphatic carbocycles. The van der Waals surface area contributed by atoms with Gasteiger partial charge in [0.05, 0.1) is 25.6 Å². The average molecular weight is 591 g/mol. The summed E-state index contributed by atoms with van der Waals surface area (Å²) in [4.78, 5) is 43.3. The normalized spacial score (nSPS) is 22.4. The van der Waals surface area contributed by atoms with Crippen molar-refractivity contribution in [2.75, 3.05) is 52.4 Å². The summed E-state index contributed by atoms with van der Waals surface area (Å²) >= 11 is 4.78. The summed E-state index contributed by atoms with van der Waals surface area (Å²) in [5, 5.41) is 0.0696. The molecule has 0 bridgehead atoms. The van der Waals surface area contributed by atoms with Gasteiger partial charge >= 0.3 is 5.97 Å². The molecule has 2 unspecified atom stereocenters. The van der Waals surface area contributed by atoms with Crippen LogP contribution in [-0.4, -0.2) is 90.0 Å². The van der Waals surface area contributed by atoms with Crippen molar-refractivity contribution in [1.29, 1.82) is 0 Å². The summed E-state index contributed by atoms with van der Waals surface area (Å²) in [6.45, 7) is 5.92. The molecule has 0 aromatic heterocycles. The molecule has 1 aromatic rings. The van der Waals surface area contributed by atoms with Crippen molar-refractivity contribution in [1.82, 2.24) is 14.7 Å². The molecule has 2 atom stereocenters. The second kappa shape index (κ2) is 15.2. The summed E-state index contributed by atoms with van der Waals surface area (Å²) in [5.74, 6) is -0.475. The highest BCUT2D eigenvalue weighted by Gasteiger charge is 2.40. The third-order valence-corrected chi connectivity index (χ3v) is 7.81. The third-order valence-electron chi connectivity index (χ3n) is 7.22. The summed E-state index contributed by atoms with van der Waals surface area (Å²) in [6, 6.07) is 6.02. The molecule has 1 saturated carbocycles. The zero-order chi connectivity index (χ0) is 25.7. The first-order valence-corrected chi connectivity index (χ1v) is 13.4. The topological polar surface area (TPSA) is 70.2 Å². The van der Waals surface area contributed by atoms with Gasteiger partial charge in [-0.25, -0.2) is 4.39 Å². The predicted octanol–water partition coefficient (Wildman–Crippen LogP) is 3.72. The van der Waals surface area contributed by atoms with Crippen LogP contribution in [0.4, 0.5) is 4.39 Å². The van der Waals surface area contributed by atoms with E-state index >= 15 is 0 Å². The molecule has 7 nitrogen and oxygen atoms in total. The van der Waals surface area contributed by atoms with Gasteiger partial charge in [-0.3, -0.25) is 24.2 Å². The molecule has 3 fully saturated rings. The van der Waals surface area contributed by atoms with Gasteiger partial charge in [0.2, 0.25) is 5.91 Å². The molecule has 1 amide bonds. The number of hydrogen-bond acceptors (Lipinski definition) is 7. The van der Waals surface area contributed by atoms with Gasteiger partial charge in [-0.2, -0.15) is 12.6 Å². The maximum atomic E-state index is 14.7. The summed E-state index contributed by atoms with van der Waals surface area (Å²) in [7, 11) is 0. The molecule has 38 heavy (non-hydrogen) atoms. The van der Waals surface area contributed by atoms with Gasteiger partial charge in [-0.1, -0.05) is 24.3 Å². The lowest BCUT2D eigenvalue weighted by Gasteiger charge is -2.38. The molecular formula is C27H38Cl2FN3O4S. The first-order valence-electron chi connectivity index (χ1n) is 12.9. The van der Waals surface area contributed by atoms with E-state index in [1.165, 1.54) is 6.07 Å². The van der Waals surface area contributed by atoms with Gasteiger partial charge in [-0.05, 0) is 37.8 Å². The fourth-order valence-corrected chi connectivity index (χ4v) is 5.29. The molecule has 4 rings (SSSR count). The Hall–Kier alpha value is -1.65. The Morgan fingerprint density at radius 2 is 1.87 bits per heavy atom. The van der Waals surface area contributed by atoms with Crippen LogP contribution in [0.15, 0.2) is 35.9 Å². The highest BCUT2D eigenvalue weighted by molar-refractivity contribution is 7.81. The number of halogens is 3. The van der Waals surface area contributed by atoms with E-state index in [4.69, 9.17) is 17.4 Å². The number of rotatable bonds is 10. The van der Waals surface area contributed by atoms with Gasteiger partial charge in [0.15, 0.2) is 5.78 Å². The Labute approximate surface area is 242 Å². The fourth-order valence-electron chi connectivity index (χ4n) is 4.99. The quantitative estimate of drug-likeness (QED) is 0.255. The summed E-state index contributed by atoms with van der Waals surface area (Å²) < 4.78 is 19.7. The maximum absolute atomic E-state index is 14.7. The number of benzene rings is 1. The van der Waals surface area contributed by atoms with Gasteiger partial charge in [0, 0.05) is 56.0 Å². The number of piperazine rings is 1. The van der Waals surface area contributed by atoms with E-state index in [9.17, 15) is 18.8 Å². The van der Waals surface area contributed by atoms with Crippen molar-refractivity contribution in [3.63, 3.8) is 0 Å². The van der Waals surface area contributed by atoms with Crippen molar-refractivity contribution in [3.8, 4) is 0 Å². The number of piperidine rings is 1. The molecule has 11 heteroatoms. The molecular weight excluding hydrogens is 552 g/mol. The zero-order valence-corrected chi connectivity index (χ0v) is 24.2. The first kappa shape index (κ1) is 32.6. The minimum atomic E-state index is -0.576. The number of hydrogen-bond donors (Lipinski definition) is 1. The molecule has 3 aliphatic rings. The van der Waals surface area contributed by atoms with Crippen LogP contribution in [0.25, 0.3) is 0 Å². The number of ketones is 1. The van der Waals surface area contributed by atoms with Crippen molar-refractivity contribution >= 4 is 55.1 Å². The van der Waals surface area contributed by atoms with E-state index in [0.717, 1.165) is 31.4 Å². The maximum Gasteiger partial charge on any atom is 0.307 e. The lowest BCUT2D eigenvalue weighted by molar-refractivity contribution is -0.144. The molecule has 0 spiro atoms. The van der Waals surface area contributed by atoms with Crippen molar-refractivity contribution in [2.24, 2.45) is 5.92 Å². The first-order chi connectivity index (χ1) is 17.4. The van der Waals surface area contributed by atoms with Crippen LogP contribution in [0.1, 0.15) is 44.2 Å². The Morgan fingerprint density at radius 3 is 2.53 bits per heavy atom. The second-order valence-electron chi connectivity index (χ2n) is 9.83. The number of ether oxygens (including phenoxy) is 1. The highest BCUT2D eigenvalue weighted by Crippen LogP contribution is 2.39. The Morgan fingerprint density at radius 1 is 1.13 bits per heavy atom. The van der Waals surface area contributed by atoms with Crippen LogP contribution in [0, 0.1) is 11.7 Å². The zero-order valence-electron chi connectivity index (χ0n) is 21.7. The van der Waals surface area contributed by atoms with E-state index < -0.39 is 6.04 Å². The van der Waals surface area contributed by atoms with Crippen molar-refractivity contribution < 1.29 is 23.5 Å². The monoisotopic (exact) mass is 589 g/mol. The van der Waals surface area contributed by atoms with Crippen molar-refractivity contribution in [2.45, 2.75) is 43.9 Å². The van der Waals surface area contributed by atoms with Gasteiger partial charge in [-0.15, -0.1) is 24.8 Å². The summed E-state index contributed by atoms with van der Waals surface area (Å²) in [6.07, 6.45) is 4.87. The number of carbonyl (C=O) groups is 3. The van der Waals surface area contributed by atoms with Crippen LogP contribution < -0.4 is 0 Å². The average Bonchev–Trinajstić information content (AvgIpc) is 3.71. The molecule has 2 saturated heterocycles. The van der Waals surface area contributed by atoms with Gasteiger partial charge < -0.3 is 9.64 Å². The van der Waals surface area contributed by atoms with E-state index in [-0.39, 0.29) is 65.9 Å². The predicted molar refractivity (Wildman–Crippen MR) is 153 cm³/mol. The number of thiol groups is 1. The largest absolute Gasteiger partial charge is 0.466 e. The second-order valence-corrected chi connectivity index (χ2v) is 10.4. The Bertz CT molecular complexity index is 1010. The molecule has 0 radical (unpaired) electrons. The number of likely N-dealkylation sites (tertiary alicyclic amines) is 1. The van der Waals surface area contributed by atoms with E-state index in [0.29, 0.717) is 51.4 Å². The SMILES string of the molecule is CCOC(=O)CCN1CCN(C/C=C2\CN(C(C(=O)C3CC3)c3ccccc3F)CCC2S)CC1=O.Cl.Cl. The van der Waals surface area contributed by atoms with E-state index in [2.05, 4.69) is 15.9 Å². The minimum absolute atomic E-state index is 0. The van der Waals surface area contributed by atoms with E-state index in [1.54, 1.807) is 30.0 Å². The van der Waals surface area contributed by atoms with Crippen LogP contribution in [0.2, 0.25) is 0 Å². The molecule has 2 aliphatic heterocycles. The Balaban J connectivity index is 0.00000253. The van der Waals surface area contributed by atoms with Crippen LogP contribution in [0.3, 0.4) is 0 Å². The van der Waals surface area contributed by atoms with E-state index in [1.807, 2.05) is 0 Å². The minimum Gasteiger partial charge on any atom is -0.466 e. The number of nitrogens with zero attached hydrogens (tertiary/aromatic N) is 3. The molecule has 212 valence electrons. The number of esters is 1. The number of carbonyl (C=O) groups excluding carboxylic acids is 3. The van der Waals surface area contributed by atoms with Crippen LogP contribution >= 0.6 is 37.4 Å². The third kappa shape index (κ3) is 8.42. The molecule has 2 heterocycles. The summed E-state index contributed by atoms with van der Waals surface area (Å²) in [5.41, 5.74) is 1.56. The van der Waals surface area contributed by atoms with Crippen LogP contribution in [0.5, 0.6) is 0 Å².